The van der Waals surface area contributed by atoms with E-state index in [1.165, 1.54) is 0 Å². The molecule has 0 heterocycles. The second kappa shape index (κ2) is 9.24. The topological polar surface area (TPSA) is 71.1 Å². The van der Waals surface area contributed by atoms with Crippen LogP contribution in [0.4, 0.5) is 0 Å². The highest BCUT2D eigenvalue weighted by Crippen LogP contribution is 2.14. The van der Waals surface area contributed by atoms with E-state index in [-0.39, 0.29) is 37.4 Å². The number of carbonyl (C=O) groups is 2. The Balaban J connectivity index is 5.36. The zero-order chi connectivity index (χ0) is 14.8. The summed E-state index contributed by atoms with van der Waals surface area (Å²) in [7, 11) is 0. The highest BCUT2D eigenvalue weighted by molar-refractivity contribution is 6.14. The van der Waals surface area contributed by atoms with E-state index >= 15 is 0 Å². The fraction of sp³-hybridized carbons (Fsp3) is 0.692. The summed E-state index contributed by atoms with van der Waals surface area (Å²) >= 11 is 0. The molecule has 0 N–H and O–H groups in total. The van der Waals surface area contributed by atoms with Gasteiger partial charge < -0.3 is 18.9 Å². The molecule has 6 heteroatoms. The fourth-order valence-corrected chi connectivity index (χ4v) is 1.17. The van der Waals surface area contributed by atoms with Crippen LogP contribution >= 0.6 is 0 Å². The highest BCUT2D eigenvalue weighted by atomic mass is 16.7. The van der Waals surface area contributed by atoms with E-state index in [0.29, 0.717) is 0 Å². The molecule has 0 aliphatic heterocycles. The van der Waals surface area contributed by atoms with Crippen LogP contribution in [-0.2, 0) is 28.5 Å². The molecule has 0 aliphatic rings. The van der Waals surface area contributed by atoms with Crippen LogP contribution in [0.2, 0.25) is 0 Å². The molecule has 19 heavy (non-hydrogen) atoms. The van der Waals surface area contributed by atoms with Crippen LogP contribution in [-0.4, -0.2) is 37.9 Å². The van der Waals surface area contributed by atoms with Crippen molar-refractivity contribution in [1.82, 2.24) is 0 Å². The molecule has 0 aromatic heterocycles. The second-order valence-corrected chi connectivity index (χ2v) is 3.70. The fourth-order valence-electron chi connectivity index (χ4n) is 1.17. The molecular formula is C13H22O6. The summed E-state index contributed by atoms with van der Waals surface area (Å²) in [6, 6.07) is 0. The molecule has 0 radical (unpaired) electrons. The molecule has 0 atom stereocenters. The Hall–Kier alpha value is -1.72. The van der Waals surface area contributed by atoms with Crippen LogP contribution in [0, 0.1) is 0 Å². The molecule has 110 valence electrons. The van der Waals surface area contributed by atoms with Crippen molar-refractivity contribution in [3.8, 4) is 0 Å². The maximum atomic E-state index is 11.9. The van der Waals surface area contributed by atoms with Crippen LogP contribution in [0.3, 0.4) is 0 Å². The summed E-state index contributed by atoms with van der Waals surface area (Å²) in [5, 5.41) is 0. The average molecular weight is 274 g/mol. The van der Waals surface area contributed by atoms with Gasteiger partial charge in [0.25, 0.3) is 0 Å². The van der Waals surface area contributed by atoms with Gasteiger partial charge in [-0.1, -0.05) is 0 Å². The molecule has 0 saturated carbocycles. The number of hydrogen-bond donors (Lipinski definition) is 0. The molecule has 6 nitrogen and oxygen atoms in total. The van der Waals surface area contributed by atoms with Gasteiger partial charge in [-0.25, -0.2) is 9.59 Å². The lowest BCUT2D eigenvalue weighted by atomic mass is 10.3. The van der Waals surface area contributed by atoms with Gasteiger partial charge in [-0.15, -0.1) is 0 Å². The Morgan fingerprint density at radius 2 is 1.32 bits per heavy atom. The molecule has 0 amide bonds. The molecule has 0 unspecified atom stereocenters. The molecule has 0 fully saturated rings. The SMILES string of the molecule is CCOC(=O)C(C(=O)OC(C)C)=C(OCC)OCC. The third kappa shape index (κ3) is 6.13. The smallest absolute Gasteiger partial charge is 0.353 e. The highest BCUT2D eigenvalue weighted by Gasteiger charge is 2.29. The maximum Gasteiger partial charge on any atom is 0.353 e. The predicted octanol–water partition coefficient (Wildman–Crippen LogP) is 1.79. The standard InChI is InChI=1S/C13H22O6/c1-6-16-11(14)10(12(15)19-9(4)5)13(17-7-2)18-8-3/h9H,6-8H2,1-5H3. The van der Waals surface area contributed by atoms with Crippen molar-refractivity contribution >= 4 is 11.9 Å². The van der Waals surface area contributed by atoms with Gasteiger partial charge in [-0.05, 0) is 34.6 Å². The Bertz CT molecular complexity index is 324. The van der Waals surface area contributed by atoms with E-state index in [1.54, 1.807) is 34.6 Å². The number of hydrogen-bond acceptors (Lipinski definition) is 6. The number of rotatable bonds is 8. The van der Waals surface area contributed by atoms with Crippen LogP contribution in [0.1, 0.15) is 34.6 Å². The quantitative estimate of drug-likeness (QED) is 0.221. The van der Waals surface area contributed by atoms with Gasteiger partial charge in [0.15, 0.2) is 0 Å². The summed E-state index contributed by atoms with van der Waals surface area (Å²) in [4.78, 5) is 23.7. The summed E-state index contributed by atoms with van der Waals surface area (Å²) in [5.41, 5.74) is -0.348. The van der Waals surface area contributed by atoms with Crippen molar-refractivity contribution in [2.45, 2.75) is 40.7 Å². The van der Waals surface area contributed by atoms with Gasteiger partial charge in [-0.2, -0.15) is 0 Å². The molecule has 0 aliphatic carbocycles. The van der Waals surface area contributed by atoms with Crippen molar-refractivity contribution in [3.05, 3.63) is 11.5 Å². The molecule has 0 aromatic rings. The molecule has 0 bridgehead atoms. The van der Waals surface area contributed by atoms with Gasteiger partial charge in [0.2, 0.25) is 5.57 Å². The van der Waals surface area contributed by atoms with Crippen LogP contribution in [0.25, 0.3) is 0 Å². The first kappa shape index (κ1) is 17.3. The second-order valence-electron chi connectivity index (χ2n) is 3.70. The Morgan fingerprint density at radius 1 is 0.842 bits per heavy atom. The minimum Gasteiger partial charge on any atom is -0.465 e. The molecule has 0 aromatic carbocycles. The Labute approximate surface area is 113 Å². The zero-order valence-electron chi connectivity index (χ0n) is 12.1. The average Bonchev–Trinajstić information content (AvgIpc) is 2.29. The largest absolute Gasteiger partial charge is 0.465 e. The summed E-state index contributed by atoms with van der Waals surface area (Å²) in [5.74, 6) is -1.79. The summed E-state index contributed by atoms with van der Waals surface area (Å²) in [6.07, 6.45) is -0.360. The summed E-state index contributed by atoms with van der Waals surface area (Å²) in [6.45, 7) is 9.10. The first-order valence-corrected chi connectivity index (χ1v) is 6.35. The van der Waals surface area contributed by atoms with E-state index in [9.17, 15) is 9.59 Å². The van der Waals surface area contributed by atoms with Gasteiger partial charge in [-0.3, -0.25) is 0 Å². The number of ether oxygens (including phenoxy) is 4. The monoisotopic (exact) mass is 274 g/mol. The van der Waals surface area contributed by atoms with Gasteiger partial charge in [0.05, 0.1) is 25.9 Å². The number of esters is 2. The van der Waals surface area contributed by atoms with E-state index in [4.69, 9.17) is 18.9 Å². The third-order valence-electron chi connectivity index (χ3n) is 1.78. The van der Waals surface area contributed by atoms with E-state index in [2.05, 4.69) is 0 Å². The van der Waals surface area contributed by atoms with E-state index < -0.39 is 11.9 Å². The lowest BCUT2D eigenvalue weighted by Gasteiger charge is -2.15. The molecular weight excluding hydrogens is 252 g/mol. The van der Waals surface area contributed by atoms with Crippen LogP contribution in [0.5, 0.6) is 0 Å². The first-order valence-electron chi connectivity index (χ1n) is 6.35. The predicted molar refractivity (Wildman–Crippen MR) is 68.1 cm³/mol. The van der Waals surface area contributed by atoms with Crippen molar-refractivity contribution in [1.29, 1.82) is 0 Å². The number of carbonyl (C=O) groups excluding carboxylic acids is 2. The van der Waals surface area contributed by atoms with Gasteiger partial charge in [0, 0.05) is 0 Å². The lowest BCUT2D eigenvalue weighted by molar-refractivity contribution is -0.150. The minimum absolute atomic E-state index is 0.142. The zero-order valence-corrected chi connectivity index (χ0v) is 12.1. The van der Waals surface area contributed by atoms with Crippen molar-refractivity contribution in [2.24, 2.45) is 0 Å². The van der Waals surface area contributed by atoms with Crippen LogP contribution in [0.15, 0.2) is 11.5 Å². The van der Waals surface area contributed by atoms with E-state index in [1.807, 2.05) is 0 Å². The molecule has 0 rings (SSSR count). The maximum absolute atomic E-state index is 11.9. The normalized spacial score (nSPS) is 9.79. The Kier molecular flexibility index (Phi) is 8.41. The third-order valence-corrected chi connectivity index (χ3v) is 1.78. The Morgan fingerprint density at radius 3 is 1.68 bits per heavy atom. The lowest BCUT2D eigenvalue weighted by Crippen LogP contribution is -2.24. The molecule has 0 spiro atoms. The minimum atomic E-state index is -0.815. The van der Waals surface area contributed by atoms with Gasteiger partial charge >= 0.3 is 17.9 Å². The van der Waals surface area contributed by atoms with Crippen molar-refractivity contribution in [3.63, 3.8) is 0 Å². The van der Waals surface area contributed by atoms with Gasteiger partial charge in [0.1, 0.15) is 0 Å². The first-order chi connectivity index (χ1) is 8.97. The van der Waals surface area contributed by atoms with Crippen LogP contribution < -0.4 is 0 Å². The van der Waals surface area contributed by atoms with E-state index in [0.717, 1.165) is 0 Å². The van der Waals surface area contributed by atoms with Crippen molar-refractivity contribution < 1.29 is 28.5 Å². The van der Waals surface area contributed by atoms with Crippen molar-refractivity contribution in [2.75, 3.05) is 19.8 Å². The molecule has 0 saturated heterocycles. The summed E-state index contributed by atoms with van der Waals surface area (Å²) < 4.78 is 20.2.